The average molecular weight is 243 g/mol. The standard InChI is InChI=1S/C11H17NO3S/c1-3-7-16(14,15)12-9(2)10-5-4-6-11(13)8-10/h4-6,8-9,12-13H,3,7H2,1-2H3. The molecule has 0 aliphatic heterocycles. The van der Waals surface area contributed by atoms with Gasteiger partial charge in [0.2, 0.25) is 10.0 Å². The summed E-state index contributed by atoms with van der Waals surface area (Å²) in [5.74, 6) is 0.259. The maximum Gasteiger partial charge on any atom is 0.212 e. The SMILES string of the molecule is CCCS(=O)(=O)NC(C)c1cccc(O)c1. The third-order valence-electron chi connectivity index (χ3n) is 2.20. The highest BCUT2D eigenvalue weighted by atomic mass is 32.2. The molecular formula is C11H17NO3S. The predicted molar refractivity (Wildman–Crippen MR) is 63.7 cm³/mol. The number of benzene rings is 1. The average Bonchev–Trinajstić information content (AvgIpc) is 2.16. The van der Waals surface area contributed by atoms with Crippen molar-refractivity contribution in [3.05, 3.63) is 29.8 Å². The Kier molecular flexibility index (Phi) is 4.32. The van der Waals surface area contributed by atoms with E-state index in [0.717, 1.165) is 5.56 Å². The molecule has 0 aliphatic rings. The highest BCUT2D eigenvalue weighted by molar-refractivity contribution is 7.89. The van der Waals surface area contributed by atoms with E-state index in [-0.39, 0.29) is 17.5 Å². The fourth-order valence-electron chi connectivity index (χ4n) is 1.46. The summed E-state index contributed by atoms with van der Waals surface area (Å²) < 4.78 is 25.6. The van der Waals surface area contributed by atoms with Crippen LogP contribution in [0.1, 0.15) is 31.9 Å². The van der Waals surface area contributed by atoms with Gasteiger partial charge >= 0.3 is 0 Å². The van der Waals surface area contributed by atoms with Crippen molar-refractivity contribution in [3.8, 4) is 5.75 Å². The second-order valence-electron chi connectivity index (χ2n) is 3.75. The van der Waals surface area contributed by atoms with Gasteiger partial charge in [-0.3, -0.25) is 0 Å². The van der Waals surface area contributed by atoms with E-state index in [9.17, 15) is 13.5 Å². The van der Waals surface area contributed by atoms with Crippen molar-refractivity contribution in [1.29, 1.82) is 0 Å². The first-order chi connectivity index (χ1) is 7.44. The Bertz CT molecular complexity index is 442. The number of hydrogen-bond donors (Lipinski definition) is 2. The normalized spacial score (nSPS) is 13.6. The molecule has 5 heteroatoms. The van der Waals surface area contributed by atoms with Gasteiger partial charge in [-0.25, -0.2) is 13.1 Å². The van der Waals surface area contributed by atoms with Crippen LogP contribution in [0, 0.1) is 0 Å². The van der Waals surface area contributed by atoms with Crippen LogP contribution in [0.4, 0.5) is 0 Å². The second kappa shape index (κ2) is 5.32. The Labute approximate surface area is 96.4 Å². The lowest BCUT2D eigenvalue weighted by Gasteiger charge is -2.14. The lowest BCUT2D eigenvalue weighted by Crippen LogP contribution is -2.28. The Morgan fingerprint density at radius 2 is 2.12 bits per heavy atom. The van der Waals surface area contributed by atoms with Crippen LogP contribution in [0.25, 0.3) is 0 Å². The molecule has 0 amide bonds. The Morgan fingerprint density at radius 1 is 1.44 bits per heavy atom. The number of hydrogen-bond acceptors (Lipinski definition) is 3. The lowest BCUT2D eigenvalue weighted by molar-refractivity contribution is 0.473. The molecule has 0 bridgehead atoms. The first-order valence-corrected chi connectivity index (χ1v) is 6.89. The number of sulfonamides is 1. The third-order valence-corrected chi connectivity index (χ3v) is 3.86. The van der Waals surface area contributed by atoms with Crippen LogP contribution in [0.3, 0.4) is 0 Å². The molecule has 1 atom stereocenters. The van der Waals surface area contributed by atoms with E-state index >= 15 is 0 Å². The van der Waals surface area contributed by atoms with E-state index in [1.807, 2.05) is 6.92 Å². The van der Waals surface area contributed by atoms with Crippen LogP contribution in [0.5, 0.6) is 5.75 Å². The van der Waals surface area contributed by atoms with Crippen LogP contribution in [-0.2, 0) is 10.0 Å². The lowest BCUT2D eigenvalue weighted by atomic mass is 10.1. The summed E-state index contributed by atoms with van der Waals surface area (Å²) >= 11 is 0. The summed E-state index contributed by atoms with van der Waals surface area (Å²) in [4.78, 5) is 0. The number of phenols is 1. The summed E-state index contributed by atoms with van der Waals surface area (Å²) in [6, 6.07) is 6.24. The van der Waals surface area contributed by atoms with E-state index in [1.165, 1.54) is 0 Å². The topological polar surface area (TPSA) is 66.4 Å². The summed E-state index contributed by atoms with van der Waals surface area (Å²) in [7, 11) is -3.22. The smallest absolute Gasteiger partial charge is 0.212 e. The minimum Gasteiger partial charge on any atom is -0.508 e. The Morgan fingerprint density at radius 3 is 2.69 bits per heavy atom. The first kappa shape index (κ1) is 13.0. The summed E-state index contributed by atoms with van der Waals surface area (Å²) in [6.45, 7) is 3.57. The molecule has 90 valence electrons. The minimum atomic E-state index is -3.22. The van der Waals surface area contributed by atoms with E-state index in [4.69, 9.17) is 0 Å². The van der Waals surface area contributed by atoms with Gasteiger partial charge in [-0.15, -0.1) is 0 Å². The maximum atomic E-state index is 11.5. The fourth-order valence-corrected chi connectivity index (χ4v) is 2.79. The predicted octanol–water partition coefficient (Wildman–Crippen LogP) is 1.78. The van der Waals surface area contributed by atoms with Crippen molar-refractivity contribution in [2.45, 2.75) is 26.3 Å². The zero-order chi connectivity index (χ0) is 12.2. The molecule has 0 heterocycles. The summed E-state index contributed by atoms with van der Waals surface area (Å²) in [6.07, 6.45) is 0.585. The molecule has 0 spiro atoms. The maximum absolute atomic E-state index is 11.5. The molecule has 0 aromatic heterocycles. The van der Waals surface area contributed by atoms with Gasteiger partial charge < -0.3 is 5.11 Å². The first-order valence-electron chi connectivity index (χ1n) is 5.23. The van der Waals surface area contributed by atoms with E-state index < -0.39 is 10.0 Å². The summed E-state index contributed by atoms with van der Waals surface area (Å²) in [5.41, 5.74) is 0.750. The Hall–Kier alpha value is -1.07. The highest BCUT2D eigenvalue weighted by Crippen LogP contribution is 2.18. The van der Waals surface area contributed by atoms with Gasteiger partial charge in [0.05, 0.1) is 5.75 Å². The molecule has 1 rings (SSSR count). The molecule has 2 N–H and O–H groups in total. The van der Waals surface area contributed by atoms with Crippen molar-refractivity contribution in [3.63, 3.8) is 0 Å². The van der Waals surface area contributed by atoms with E-state index in [2.05, 4.69) is 4.72 Å². The summed E-state index contributed by atoms with van der Waals surface area (Å²) in [5, 5.41) is 9.29. The molecule has 0 radical (unpaired) electrons. The number of rotatable bonds is 5. The largest absolute Gasteiger partial charge is 0.508 e. The number of aromatic hydroxyl groups is 1. The van der Waals surface area contributed by atoms with Gasteiger partial charge in [0, 0.05) is 6.04 Å². The monoisotopic (exact) mass is 243 g/mol. The second-order valence-corrected chi connectivity index (χ2v) is 5.63. The Balaban J connectivity index is 2.76. The molecule has 0 aliphatic carbocycles. The van der Waals surface area contributed by atoms with Gasteiger partial charge in [0.1, 0.15) is 5.75 Å². The number of phenolic OH excluding ortho intramolecular Hbond substituents is 1. The van der Waals surface area contributed by atoms with Crippen LogP contribution in [0.15, 0.2) is 24.3 Å². The van der Waals surface area contributed by atoms with Gasteiger partial charge in [0.15, 0.2) is 0 Å². The van der Waals surface area contributed by atoms with Crippen molar-refractivity contribution < 1.29 is 13.5 Å². The molecule has 1 unspecified atom stereocenters. The molecule has 0 saturated carbocycles. The van der Waals surface area contributed by atoms with Crippen LogP contribution < -0.4 is 4.72 Å². The van der Waals surface area contributed by atoms with Crippen LogP contribution in [0.2, 0.25) is 0 Å². The van der Waals surface area contributed by atoms with E-state index in [0.29, 0.717) is 6.42 Å². The molecule has 4 nitrogen and oxygen atoms in total. The van der Waals surface area contributed by atoms with Crippen LogP contribution >= 0.6 is 0 Å². The molecule has 0 saturated heterocycles. The molecular weight excluding hydrogens is 226 g/mol. The van der Waals surface area contributed by atoms with Gasteiger partial charge in [0.25, 0.3) is 0 Å². The van der Waals surface area contributed by atoms with Crippen molar-refractivity contribution >= 4 is 10.0 Å². The van der Waals surface area contributed by atoms with Crippen molar-refractivity contribution in [2.24, 2.45) is 0 Å². The van der Waals surface area contributed by atoms with Crippen LogP contribution in [-0.4, -0.2) is 19.3 Å². The van der Waals surface area contributed by atoms with Gasteiger partial charge in [-0.05, 0) is 31.0 Å². The van der Waals surface area contributed by atoms with Crippen molar-refractivity contribution in [1.82, 2.24) is 4.72 Å². The molecule has 0 fully saturated rings. The molecule has 1 aromatic rings. The zero-order valence-electron chi connectivity index (χ0n) is 9.47. The van der Waals surface area contributed by atoms with E-state index in [1.54, 1.807) is 31.2 Å². The molecule has 16 heavy (non-hydrogen) atoms. The van der Waals surface area contributed by atoms with Gasteiger partial charge in [-0.1, -0.05) is 19.1 Å². The van der Waals surface area contributed by atoms with Gasteiger partial charge in [-0.2, -0.15) is 0 Å². The van der Waals surface area contributed by atoms with Crippen molar-refractivity contribution in [2.75, 3.05) is 5.75 Å². The number of nitrogens with one attached hydrogen (secondary N) is 1. The molecule has 1 aromatic carbocycles. The minimum absolute atomic E-state index is 0.121. The zero-order valence-corrected chi connectivity index (χ0v) is 10.3. The fraction of sp³-hybridized carbons (Fsp3) is 0.455. The highest BCUT2D eigenvalue weighted by Gasteiger charge is 2.14. The quantitative estimate of drug-likeness (QED) is 0.828. The third kappa shape index (κ3) is 3.83.